The molecule has 1 amide bonds. The van der Waals surface area contributed by atoms with Crippen molar-refractivity contribution in [2.45, 2.75) is 6.54 Å². The van der Waals surface area contributed by atoms with E-state index in [1.807, 2.05) is 65.5 Å². The Kier molecular flexibility index (Phi) is 5.17. The summed E-state index contributed by atoms with van der Waals surface area (Å²) in [5.74, 6) is -0.102. The zero-order valence-corrected chi connectivity index (χ0v) is 18.0. The molecule has 2 aromatic carbocycles. The lowest BCUT2D eigenvalue weighted by atomic mass is 10.1. The highest BCUT2D eigenvalue weighted by atomic mass is 35.5. The fraction of sp³-hybridized carbons (Fsp3) is 0.0833. The van der Waals surface area contributed by atoms with E-state index in [2.05, 4.69) is 10.2 Å². The first-order chi connectivity index (χ1) is 15.6. The third kappa shape index (κ3) is 3.86. The van der Waals surface area contributed by atoms with E-state index in [0.717, 1.165) is 22.5 Å². The molecule has 0 aliphatic carbocycles. The molecule has 3 aromatic heterocycles. The Morgan fingerprint density at radius 3 is 2.56 bits per heavy atom. The lowest BCUT2D eigenvalue weighted by molar-refractivity contribution is 0.0785. The predicted octanol–water partition coefficient (Wildman–Crippen LogP) is 4.51. The van der Waals surface area contributed by atoms with E-state index in [0.29, 0.717) is 22.8 Å². The standard InChI is InChI=1S/C24H19ClN6O/c1-29(24(32)18-9-12-22-27-26-16-30(22)14-18)13-19-15-31(21-5-3-2-4-6-21)28-23(19)17-7-10-20(25)11-8-17/h2-12,14-16H,13H2,1H3. The summed E-state index contributed by atoms with van der Waals surface area (Å²) in [6, 6.07) is 21.0. The Morgan fingerprint density at radius 1 is 1.00 bits per heavy atom. The van der Waals surface area contributed by atoms with Crippen molar-refractivity contribution in [2.24, 2.45) is 0 Å². The predicted molar refractivity (Wildman–Crippen MR) is 123 cm³/mol. The number of benzene rings is 2. The van der Waals surface area contributed by atoms with E-state index in [1.165, 1.54) is 0 Å². The molecule has 0 fully saturated rings. The number of carbonyl (C=O) groups is 1. The molecule has 0 aliphatic heterocycles. The van der Waals surface area contributed by atoms with Crippen LogP contribution in [0, 0.1) is 0 Å². The van der Waals surface area contributed by atoms with Crippen molar-refractivity contribution in [3.63, 3.8) is 0 Å². The van der Waals surface area contributed by atoms with Crippen molar-refractivity contribution in [3.05, 3.63) is 102 Å². The Hall–Kier alpha value is -3.97. The normalized spacial score (nSPS) is 11.1. The largest absolute Gasteiger partial charge is 0.337 e. The van der Waals surface area contributed by atoms with E-state index in [4.69, 9.17) is 16.7 Å². The van der Waals surface area contributed by atoms with Crippen molar-refractivity contribution in [3.8, 4) is 16.9 Å². The number of aromatic nitrogens is 5. The number of para-hydroxylation sites is 1. The van der Waals surface area contributed by atoms with Crippen LogP contribution in [0.1, 0.15) is 15.9 Å². The van der Waals surface area contributed by atoms with Gasteiger partial charge < -0.3 is 4.90 Å². The zero-order valence-electron chi connectivity index (χ0n) is 17.3. The second kappa shape index (κ2) is 8.28. The van der Waals surface area contributed by atoms with Gasteiger partial charge in [0.1, 0.15) is 6.33 Å². The molecule has 0 N–H and O–H groups in total. The van der Waals surface area contributed by atoms with Crippen LogP contribution in [0.4, 0.5) is 0 Å². The smallest absolute Gasteiger partial charge is 0.255 e. The van der Waals surface area contributed by atoms with E-state index < -0.39 is 0 Å². The van der Waals surface area contributed by atoms with Crippen LogP contribution in [0.5, 0.6) is 0 Å². The van der Waals surface area contributed by atoms with E-state index in [1.54, 1.807) is 41.0 Å². The molecule has 0 bridgehead atoms. The third-order valence-corrected chi connectivity index (χ3v) is 5.47. The highest BCUT2D eigenvalue weighted by Gasteiger charge is 2.18. The molecule has 0 aliphatic rings. The summed E-state index contributed by atoms with van der Waals surface area (Å²) in [6.45, 7) is 0.393. The lowest BCUT2D eigenvalue weighted by Gasteiger charge is -2.17. The first kappa shape index (κ1) is 20.0. The van der Waals surface area contributed by atoms with Gasteiger partial charge in [0.15, 0.2) is 5.65 Å². The van der Waals surface area contributed by atoms with Gasteiger partial charge >= 0.3 is 0 Å². The van der Waals surface area contributed by atoms with Gasteiger partial charge in [-0.1, -0.05) is 41.9 Å². The Morgan fingerprint density at radius 2 is 1.78 bits per heavy atom. The Labute approximate surface area is 189 Å². The number of halogens is 1. The Balaban J connectivity index is 1.48. The summed E-state index contributed by atoms with van der Waals surface area (Å²) in [4.78, 5) is 14.8. The Bertz CT molecular complexity index is 1390. The van der Waals surface area contributed by atoms with Crippen molar-refractivity contribution >= 4 is 23.2 Å². The second-order valence-electron chi connectivity index (χ2n) is 7.47. The molecular weight excluding hydrogens is 424 g/mol. The maximum atomic E-state index is 13.1. The van der Waals surface area contributed by atoms with Gasteiger partial charge in [-0.2, -0.15) is 5.10 Å². The van der Waals surface area contributed by atoms with Crippen LogP contribution >= 0.6 is 11.6 Å². The number of pyridine rings is 1. The highest BCUT2D eigenvalue weighted by molar-refractivity contribution is 6.30. The maximum absolute atomic E-state index is 13.1. The molecular formula is C24H19ClN6O. The van der Waals surface area contributed by atoms with Gasteiger partial charge in [-0.3, -0.25) is 9.20 Å². The number of rotatable bonds is 5. The summed E-state index contributed by atoms with van der Waals surface area (Å²) >= 11 is 6.08. The second-order valence-corrected chi connectivity index (χ2v) is 7.90. The minimum Gasteiger partial charge on any atom is -0.337 e. The topological polar surface area (TPSA) is 68.3 Å². The fourth-order valence-electron chi connectivity index (χ4n) is 3.59. The minimum atomic E-state index is -0.102. The van der Waals surface area contributed by atoms with Gasteiger partial charge in [0.2, 0.25) is 0 Å². The number of nitrogens with zero attached hydrogens (tertiary/aromatic N) is 6. The average Bonchev–Trinajstić information content (AvgIpc) is 3.46. The van der Waals surface area contributed by atoms with Crippen LogP contribution in [0.25, 0.3) is 22.6 Å². The molecule has 7 nitrogen and oxygen atoms in total. The number of hydrogen-bond donors (Lipinski definition) is 0. The fourth-order valence-corrected chi connectivity index (χ4v) is 3.72. The number of amides is 1. The minimum absolute atomic E-state index is 0.102. The van der Waals surface area contributed by atoms with Crippen LogP contribution < -0.4 is 0 Å². The van der Waals surface area contributed by atoms with Crippen molar-refractivity contribution in [2.75, 3.05) is 7.05 Å². The van der Waals surface area contributed by atoms with E-state index in [9.17, 15) is 4.79 Å². The molecule has 0 spiro atoms. The van der Waals surface area contributed by atoms with E-state index >= 15 is 0 Å². The molecule has 32 heavy (non-hydrogen) atoms. The van der Waals surface area contributed by atoms with Gasteiger partial charge in [0, 0.05) is 42.1 Å². The molecule has 5 rings (SSSR count). The number of carbonyl (C=O) groups excluding carboxylic acids is 1. The summed E-state index contributed by atoms with van der Waals surface area (Å²) in [6.07, 6.45) is 5.28. The van der Waals surface area contributed by atoms with Crippen molar-refractivity contribution < 1.29 is 4.79 Å². The maximum Gasteiger partial charge on any atom is 0.255 e. The van der Waals surface area contributed by atoms with Crippen molar-refractivity contribution in [1.82, 2.24) is 29.3 Å². The molecule has 8 heteroatoms. The third-order valence-electron chi connectivity index (χ3n) is 5.22. The summed E-state index contributed by atoms with van der Waals surface area (Å²) in [5.41, 5.74) is 4.87. The van der Waals surface area contributed by atoms with Crippen LogP contribution in [-0.4, -0.2) is 42.2 Å². The SMILES string of the molecule is CN(Cc1cn(-c2ccccc2)nc1-c1ccc(Cl)cc1)C(=O)c1ccc2nncn2c1. The zero-order chi connectivity index (χ0) is 22.1. The summed E-state index contributed by atoms with van der Waals surface area (Å²) in [7, 11) is 1.78. The van der Waals surface area contributed by atoms with Crippen LogP contribution in [0.15, 0.2) is 85.5 Å². The molecule has 0 saturated heterocycles. The molecule has 0 unspecified atom stereocenters. The van der Waals surface area contributed by atoms with Gasteiger partial charge in [0.05, 0.1) is 16.9 Å². The van der Waals surface area contributed by atoms with Crippen LogP contribution in [-0.2, 0) is 6.54 Å². The van der Waals surface area contributed by atoms with Gasteiger partial charge in [0.25, 0.3) is 5.91 Å². The molecule has 3 heterocycles. The van der Waals surface area contributed by atoms with Gasteiger partial charge in [-0.05, 0) is 36.4 Å². The van der Waals surface area contributed by atoms with E-state index in [-0.39, 0.29) is 5.91 Å². The van der Waals surface area contributed by atoms with Gasteiger partial charge in [-0.25, -0.2) is 4.68 Å². The van der Waals surface area contributed by atoms with Crippen molar-refractivity contribution in [1.29, 1.82) is 0 Å². The molecule has 0 radical (unpaired) electrons. The van der Waals surface area contributed by atoms with Crippen LogP contribution in [0.2, 0.25) is 5.02 Å². The average molecular weight is 443 g/mol. The highest BCUT2D eigenvalue weighted by Crippen LogP contribution is 2.26. The summed E-state index contributed by atoms with van der Waals surface area (Å²) < 4.78 is 3.56. The number of hydrogen-bond acceptors (Lipinski definition) is 4. The molecule has 5 aromatic rings. The molecule has 0 atom stereocenters. The number of fused-ring (bicyclic) bond motifs is 1. The molecule has 0 saturated carbocycles. The quantitative estimate of drug-likeness (QED) is 0.401. The van der Waals surface area contributed by atoms with Gasteiger partial charge in [-0.15, -0.1) is 10.2 Å². The lowest BCUT2D eigenvalue weighted by Crippen LogP contribution is -2.26. The molecule has 158 valence electrons. The first-order valence-corrected chi connectivity index (χ1v) is 10.4. The van der Waals surface area contributed by atoms with Crippen LogP contribution in [0.3, 0.4) is 0 Å². The summed E-state index contributed by atoms with van der Waals surface area (Å²) in [5, 5.41) is 13.3. The first-order valence-electron chi connectivity index (χ1n) is 10.0. The monoisotopic (exact) mass is 442 g/mol.